The molecule has 4 aromatic rings. The van der Waals surface area contributed by atoms with Gasteiger partial charge in [0.2, 0.25) is 0 Å². The quantitative estimate of drug-likeness (QED) is 0.496. The number of hydrogen-bond donors (Lipinski definition) is 0. The van der Waals surface area contributed by atoms with Crippen molar-refractivity contribution in [2.45, 2.75) is 38.3 Å². The van der Waals surface area contributed by atoms with Crippen LogP contribution in [0.2, 0.25) is 0 Å². The molecule has 0 N–H and O–H groups in total. The zero-order chi connectivity index (χ0) is 19.1. The van der Waals surface area contributed by atoms with Crippen molar-refractivity contribution in [3.63, 3.8) is 0 Å². The smallest absolute Gasteiger partial charge is 0.188 e. The van der Waals surface area contributed by atoms with E-state index in [2.05, 4.69) is 26.5 Å². The molecule has 5 rings (SSSR count). The van der Waals surface area contributed by atoms with Crippen LogP contribution in [0.5, 0.6) is 0 Å². The molecule has 0 spiro atoms. The van der Waals surface area contributed by atoms with Gasteiger partial charge in [-0.2, -0.15) is 0 Å². The van der Waals surface area contributed by atoms with Crippen LogP contribution in [0.25, 0.3) is 26.8 Å². The Bertz CT molecular complexity index is 1190. The van der Waals surface area contributed by atoms with Crippen molar-refractivity contribution in [2.24, 2.45) is 0 Å². The first-order valence-electron chi connectivity index (χ1n) is 9.41. The van der Waals surface area contributed by atoms with Gasteiger partial charge < -0.3 is 13.8 Å². The summed E-state index contributed by atoms with van der Waals surface area (Å²) in [5, 5.41) is 5.03. The summed E-state index contributed by atoms with van der Waals surface area (Å²) < 4.78 is 13.1. The Labute approximate surface area is 161 Å². The summed E-state index contributed by atoms with van der Waals surface area (Å²) in [4.78, 5) is 13.1. The third kappa shape index (κ3) is 2.83. The van der Waals surface area contributed by atoms with E-state index in [0.29, 0.717) is 12.1 Å². The van der Waals surface area contributed by atoms with Crippen molar-refractivity contribution >= 4 is 27.6 Å². The molecule has 1 fully saturated rings. The van der Waals surface area contributed by atoms with Gasteiger partial charge in [0.15, 0.2) is 5.69 Å². The van der Waals surface area contributed by atoms with E-state index < -0.39 is 0 Å². The third-order valence-electron chi connectivity index (χ3n) is 5.35. The van der Waals surface area contributed by atoms with Crippen molar-refractivity contribution in [1.29, 1.82) is 0 Å². The maximum Gasteiger partial charge on any atom is 0.188 e. The monoisotopic (exact) mass is 373 g/mol. The molecule has 1 aliphatic heterocycles. The second-order valence-corrected chi connectivity index (χ2v) is 7.23. The van der Waals surface area contributed by atoms with Crippen molar-refractivity contribution < 1.29 is 9.26 Å². The topological polar surface area (TPSA) is 70.3 Å². The van der Waals surface area contributed by atoms with Crippen LogP contribution in [0.3, 0.4) is 0 Å². The van der Waals surface area contributed by atoms with E-state index in [1.54, 1.807) is 6.26 Å². The van der Waals surface area contributed by atoms with Gasteiger partial charge in [0.05, 0.1) is 42.0 Å². The summed E-state index contributed by atoms with van der Waals surface area (Å²) in [7, 11) is 0. The largest absolute Gasteiger partial charge is 0.378 e. The van der Waals surface area contributed by atoms with E-state index in [9.17, 15) is 0 Å². The third-order valence-corrected chi connectivity index (χ3v) is 5.35. The molecule has 0 bridgehead atoms. The van der Waals surface area contributed by atoms with Crippen LogP contribution in [-0.2, 0) is 11.2 Å². The molecule has 3 aromatic heterocycles. The van der Waals surface area contributed by atoms with Gasteiger partial charge in [-0.3, -0.25) is 4.98 Å². The Kier molecular flexibility index (Phi) is 4.06. The summed E-state index contributed by atoms with van der Waals surface area (Å²) in [6.07, 6.45) is 6.03. The fourth-order valence-electron chi connectivity index (χ4n) is 4.10. The Morgan fingerprint density at radius 2 is 2.21 bits per heavy atom. The minimum atomic E-state index is 0.197. The first-order valence-corrected chi connectivity index (χ1v) is 9.41. The van der Waals surface area contributed by atoms with E-state index in [-0.39, 0.29) is 12.1 Å². The van der Waals surface area contributed by atoms with Gasteiger partial charge in [0.1, 0.15) is 17.6 Å². The van der Waals surface area contributed by atoms with Gasteiger partial charge in [-0.05, 0) is 31.9 Å². The van der Waals surface area contributed by atoms with Crippen LogP contribution in [0.15, 0.2) is 41.2 Å². The molecule has 1 aromatic carbocycles. The minimum absolute atomic E-state index is 0.197. The SMILES string of the molecule is [C-]#[N+]c1ccc2ncc3nc(Cc4ccon4)n([C@@H]4CCO[C@H](C)C4)c3c2c1. The molecule has 1 saturated heterocycles. The zero-order valence-corrected chi connectivity index (χ0v) is 15.5. The lowest BCUT2D eigenvalue weighted by molar-refractivity contribution is 0.00630. The van der Waals surface area contributed by atoms with E-state index >= 15 is 0 Å². The first-order chi connectivity index (χ1) is 13.7. The summed E-state index contributed by atoms with van der Waals surface area (Å²) in [6.45, 7) is 10.2. The molecule has 7 nitrogen and oxygen atoms in total. The van der Waals surface area contributed by atoms with E-state index in [1.807, 2.05) is 30.5 Å². The summed E-state index contributed by atoms with van der Waals surface area (Å²) in [6, 6.07) is 7.77. The normalized spacial score (nSPS) is 19.9. The van der Waals surface area contributed by atoms with Gasteiger partial charge in [0.25, 0.3) is 0 Å². The molecule has 140 valence electrons. The standard InChI is InChI=1S/C21H19N5O2/c1-13-9-16(6-7-27-13)26-20(11-15-5-8-28-25-15)24-19-12-23-18-4-3-14(22-2)10-17(18)21(19)26/h3-5,8,10,12-13,16H,6-7,9,11H2,1H3/t13-,16-/m1/s1. The number of hydrogen-bond acceptors (Lipinski definition) is 5. The lowest BCUT2D eigenvalue weighted by Crippen LogP contribution is -2.26. The molecule has 0 amide bonds. The second kappa shape index (κ2) is 6.73. The number of rotatable bonds is 3. The molecule has 7 heteroatoms. The molecule has 28 heavy (non-hydrogen) atoms. The maximum atomic E-state index is 7.39. The van der Waals surface area contributed by atoms with E-state index in [1.165, 1.54) is 0 Å². The predicted molar refractivity (Wildman–Crippen MR) is 104 cm³/mol. The number of aromatic nitrogens is 4. The van der Waals surface area contributed by atoms with Crippen LogP contribution in [-0.4, -0.2) is 32.4 Å². The fraction of sp³-hybridized carbons (Fsp3) is 0.333. The zero-order valence-electron chi connectivity index (χ0n) is 15.5. The van der Waals surface area contributed by atoms with Crippen LogP contribution in [0, 0.1) is 6.57 Å². The first kappa shape index (κ1) is 16.9. The van der Waals surface area contributed by atoms with E-state index in [0.717, 1.165) is 52.9 Å². The Morgan fingerprint density at radius 3 is 3.00 bits per heavy atom. The number of fused-ring (bicyclic) bond motifs is 3. The van der Waals surface area contributed by atoms with Crippen molar-refractivity contribution in [2.75, 3.05) is 6.61 Å². The highest BCUT2D eigenvalue weighted by atomic mass is 16.5. The number of benzene rings is 1. The average molecular weight is 373 g/mol. The summed E-state index contributed by atoms with van der Waals surface area (Å²) in [5.74, 6) is 0.936. The summed E-state index contributed by atoms with van der Waals surface area (Å²) >= 11 is 0. The van der Waals surface area contributed by atoms with Gasteiger partial charge in [0, 0.05) is 24.1 Å². The molecule has 2 atom stereocenters. The highest BCUT2D eigenvalue weighted by molar-refractivity contribution is 6.03. The Hall–Kier alpha value is -3.24. The van der Waals surface area contributed by atoms with Gasteiger partial charge in [-0.15, -0.1) is 0 Å². The highest BCUT2D eigenvalue weighted by Gasteiger charge is 2.26. The number of nitrogens with zero attached hydrogens (tertiary/aromatic N) is 5. The van der Waals surface area contributed by atoms with Crippen LogP contribution in [0.1, 0.15) is 37.3 Å². The lowest BCUT2D eigenvalue weighted by Gasteiger charge is -2.30. The Morgan fingerprint density at radius 1 is 1.29 bits per heavy atom. The van der Waals surface area contributed by atoms with Crippen LogP contribution in [0.4, 0.5) is 5.69 Å². The van der Waals surface area contributed by atoms with Crippen molar-refractivity contribution in [3.05, 3.63) is 59.7 Å². The molecular weight excluding hydrogens is 354 g/mol. The molecule has 4 heterocycles. The molecule has 0 radical (unpaired) electrons. The van der Waals surface area contributed by atoms with Gasteiger partial charge >= 0.3 is 0 Å². The minimum Gasteiger partial charge on any atom is -0.378 e. The van der Waals surface area contributed by atoms with Crippen molar-refractivity contribution in [3.8, 4) is 0 Å². The fourth-order valence-corrected chi connectivity index (χ4v) is 4.10. The van der Waals surface area contributed by atoms with Crippen LogP contribution >= 0.6 is 0 Å². The second-order valence-electron chi connectivity index (χ2n) is 7.23. The van der Waals surface area contributed by atoms with Crippen LogP contribution < -0.4 is 0 Å². The lowest BCUT2D eigenvalue weighted by atomic mass is 10.0. The van der Waals surface area contributed by atoms with Crippen molar-refractivity contribution in [1.82, 2.24) is 19.7 Å². The predicted octanol–water partition coefficient (Wildman–Crippen LogP) is 4.45. The molecular formula is C21H19N5O2. The number of imidazole rings is 1. The van der Waals surface area contributed by atoms with E-state index in [4.69, 9.17) is 20.8 Å². The highest BCUT2D eigenvalue weighted by Crippen LogP contribution is 2.35. The molecule has 0 aliphatic carbocycles. The molecule has 1 aliphatic rings. The molecule has 0 saturated carbocycles. The van der Waals surface area contributed by atoms with Gasteiger partial charge in [-0.25, -0.2) is 9.83 Å². The molecule has 0 unspecified atom stereocenters. The summed E-state index contributed by atoms with van der Waals surface area (Å²) in [5.41, 5.74) is 4.19. The number of ether oxygens (including phenoxy) is 1. The Balaban J connectivity index is 1.77. The van der Waals surface area contributed by atoms with Gasteiger partial charge in [-0.1, -0.05) is 11.2 Å². The number of pyridine rings is 1. The maximum absolute atomic E-state index is 7.39. The average Bonchev–Trinajstić information content (AvgIpc) is 3.35.